The normalized spacial score (nSPS) is 14.7. The van der Waals surface area contributed by atoms with Crippen molar-refractivity contribution < 1.29 is 23.4 Å². The van der Waals surface area contributed by atoms with Gasteiger partial charge in [-0.3, -0.25) is 0 Å². The van der Waals surface area contributed by atoms with Gasteiger partial charge in [-0.2, -0.15) is 5.26 Å². The molecule has 0 spiro atoms. The van der Waals surface area contributed by atoms with E-state index in [0.29, 0.717) is 10.6 Å². The number of nitrogens with zero attached hydrogens (tertiary/aromatic N) is 1. The lowest BCUT2D eigenvalue weighted by atomic mass is 9.83. The zero-order valence-corrected chi connectivity index (χ0v) is 18.4. The molecule has 1 atom stereocenters. The van der Waals surface area contributed by atoms with Crippen LogP contribution in [0.25, 0.3) is 0 Å². The predicted octanol–water partition coefficient (Wildman–Crippen LogP) is 5.34. The van der Waals surface area contributed by atoms with E-state index in [1.807, 2.05) is 6.07 Å². The first-order chi connectivity index (χ1) is 15.9. The molecule has 0 bridgehead atoms. The average molecular weight is 485 g/mol. The SMILES string of the molecule is N#CC1=C(N)Oc2cc(OC(=O)COc3ccc(Cl)cc3Cl)ccc2C1c1ccccc1F. The van der Waals surface area contributed by atoms with Crippen LogP contribution in [-0.4, -0.2) is 12.6 Å². The van der Waals surface area contributed by atoms with E-state index in [9.17, 15) is 14.4 Å². The van der Waals surface area contributed by atoms with Gasteiger partial charge >= 0.3 is 5.97 Å². The summed E-state index contributed by atoms with van der Waals surface area (Å²) < 4.78 is 30.8. The Morgan fingerprint density at radius 1 is 1.12 bits per heavy atom. The quantitative estimate of drug-likeness (QED) is 0.388. The second-order valence-corrected chi connectivity index (χ2v) is 7.83. The summed E-state index contributed by atoms with van der Waals surface area (Å²) in [5.74, 6) is -1.41. The van der Waals surface area contributed by atoms with Gasteiger partial charge in [0, 0.05) is 22.2 Å². The van der Waals surface area contributed by atoms with Crippen LogP contribution < -0.4 is 19.9 Å². The van der Waals surface area contributed by atoms with Crippen molar-refractivity contribution in [2.75, 3.05) is 6.61 Å². The number of benzene rings is 3. The third-order valence-electron chi connectivity index (χ3n) is 4.88. The molecule has 0 fully saturated rings. The Morgan fingerprint density at radius 3 is 2.64 bits per heavy atom. The molecule has 0 saturated heterocycles. The molecule has 0 aliphatic carbocycles. The molecule has 3 aromatic carbocycles. The molecule has 1 aliphatic heterocycles. The Labute approximate surface area is 198 Å². The Hall–Kier alpha value is -3.73. The van der Waals surface area contributed by atoms with Crippen LogP contribution in [0, 0.1) is 17.1 Å². The highest BCUT2D eigenvalue weighted by Gasteiger charge is 2.32. The molecule has 6 nitrogen and oxygen atoms in total. The highest BCUT2D eigenvalue weighted by atomic mass is 35.5. The van der Waals surface area contributed by atoms with Crippen LogP contribution in [0.3, 0.4) is 0 Å². The molecule has 1 aliphatic rings. The van der Waals surface area contributed by atoms with Gasteiger partial charge in [-0.05, 0) is 30.3 Å². The number of esters is 1. The number of nitrogens with two attached hydrogens (primary N) is 1. The van der Waals surface area contributed by atoms with Crippen molar-refractivity contribution in [3.8, 4) is 23.3 Å². The number of allylic oxidation sites excluding steroid dienone is 1. The molecule has 9 heteroatoms. The maximum Gasteiger partial charge on any atom is 0.349 e. The van der Waals surface area contributed by atoms with Gasteiger partial charge in [0.25, 0.3) is 0 Å². The molecule has 0 radical (unpaired) electrons. The molecular formula is C24H15Cl2FN2O4. The molecular weight excluding hydrogens is 470 g/mol. The number of hydrogen-bond acceptors (Lipinski definition) is 6. The summed E-state index contributed by atoms with van der Waals surface area (Å²) in [6, 6.07) is 17.3. The van der Waals surface area contributed by atoms with Crippen LogP contribution in [0.4, 0.5) is 4.39 Å². The summed E-state index contributed by atoms with van der Waals surface area (Å²) in [5.41, 5.74) is 6.81. The van der Waals surface area contributed by atoms with Gasteiger partial charge in [-0.15, -0.1) is 0 Å². The molecule has 33 heavy (non-hydrogen) atoms. The fourth-order valence-electron chi connectivity index (χ4n) is 3.42. The standard InChI is InChI=1S/C24H15Cl2FN2O4/c25-13-5-8-20(18(26)9-13)31-12-22(30)32-14-6-7-16-21(10-14)33-24(29)17(11-28)23(16)15-3-1-2-4-19(15)27/h1-10,23H,12,29H2. The van der Waals surface area contributed by atoms with E-state index in [1.165, 1.54) is 30.3 Å². The van der Waals surface area contributed by atoms with Crippen LogP contribution in [0.2, 0.25) is 10.0 Å². The number of carbonyl (C=O) groups is 1. The van der Waals surface area contributed by atoms with E-state index in [4.69, 9.17) is 43.1 Å². The summed E-state index contributed by atoms with van der Waals surface area (Å²) in [6.45, 7) is -0.405. The second-order valence-electron chi connectivity index (χ2n) is 6.98. The Morgan fingerprint density at radius 2 is 1.91 bits per heavy atom. The van der Waals surface area contributed by atoms with E-state index in [1.54, 1.807) is 30.3 Å². The molecule has 0 aromatic heterocycles. The van der Waals surface area contributed by atoms with Crippen LogP contribution in [-0.2, 0) is 4.79 Å². The smallest absolute Gasteiger partial charge is 0.349 e. The minimum Gasteiger partial charge on any atom is -0.480 e. The first kappa shape index (κ1) is 22.5. The van der Waals surface area contributed by atoms with Crippen molar-refractivity contribution in [2.24, 2.45) is 5.73 Å². The Kier molecular flexibility index (Phi) is 6.40. The number of halogens is 3. The zero-order valence-electron chi connectivity index (χ0n) is 16.8. The van der Waals surface area contributed by atoms with Crippen molar-refractivity contribution in [2.45, 2.75) is 5.92 Å². The van der Waals surface area contributed by atoms with Gasteiger partial charge < -0.3 is 19.9 Å². The Balaban J connectivity index is 1.55. The summed E-state index contributed by atoms with van der Waals surface area (Å²) in [5, 5.41) is 10.3. The number of carbonyl (C=O) groups excluding carboxylic acids is 1. The van der Waals surface area contributed by atoms with Crippen LogP contribution in [0.5, 0.6) is 17.2 Å². The minimum atomic E-state index is -0.764. The van der Waals surface area contributed by atoms with Gasteiger partial charge in [0.1, 0.15) is 34.7 Å². The van der Waals surface area contributed by atoms with Gasteiger partial charge in [0.2, 0.25) is 5.88 Å². The lowest BCUT2D eigenvalue weighted by Crippen LogP contribution is -2.22. The van der Waals surface area contributed by atoms with E-state index in [2.05, 4.69) is 0 Å². The minimum absolute atomic E-state index is 0.0885. The van der Waals surface area contributed by atoms with Gasteiger partial charge in [-0.25, -0.2) is 9.18 Å². The first-order valence-corrected chi connectivity index (χ1v) is 10.4. The van der Waals surface area contributed by atoms with Crippen molar-refractivity contribution in [3.63, 3.8) is 0 Å². The predicted molar refractivity (Wildman–Crippen MR) is 120 cm³/mol. The van der Waals surface area contributed by atoms with E-state index >= 15 is 0 Å². The summed E-state index contributed by atoms with van der Waals surface area (Å²) >= 11 is 11.9. The van der Waals surface area contributed by atoms with Gasteiger partial charge in [0.15, 0.2) is 6.61 Å². The number of nitriles is 1. The maximum atomic E-state index is 14.5. The van der Waals surface area contributed by atoms with Gasteiger partial charge in [-0.1, -0.05) is 47.5 Å². The number of hydrogen-bond donors (Lipinski definition) is 1. The van der Waals surface area contributed by atoms with Crippen LogP contribution in [0.15, 0.2) is 72.1 Å². The molecule has 166 valence electrons. The highest BCUT2D eigenvalue weighted by molar-refractivity contribution is 6.35. The first-order valence-electron chi connectivity index (χ1n) is 9.62. The van der Waals surface area contributed by atoms with E-state index < -0.39 is 24.3 Å². The number of fused-ring (bicyclic) bond motifs is 1. The third-order valence-corrected chi connectivity index (χ3v) is 5.41. The molecule has 4 rings (SSSR count). The van der Waals surface area contributed by atoms with Crippen LogP contribution in [0.1, 0.15) is 17.0 Å². The fraction of sp³-hybridized carbons (Fsp3) is 0.0833. The van der Waals surface area contributed by atoms with Crippen molar-refractivity contribution >= 4 is 29.2 Å². The van der Waals surface area contributed by atoms with Gasteiger partial charge in [0.05, 0.1) is 10.9 Å². The third kappa shape index (κ3) is 4.72. The molecule has 0 saturated carbocycles. The average Bonchev–Trinajstić information content (AvgIpc) is 2.78. The number of ether oxygens (including phenoxy) is 3. The monoisotopic (exact) mass is 484 g/mol. The lowest BCUT2D eigenvalue weighted by Gasteiger charge is -2.27. The Bertz CT molecular complexity index is 1320. The maximum absolute atomic E-state index is 14.5. The topological polar surface area (TPSA) is 94.6 Å². The second kappa shape index (κ2) is 9.41. The summed E-state index contributed by atoms with van der Waals surface area (Å²) in [6.07, 6.45) is 0. The largest absolute Gasteiger partial charge is 0.480 e. The highest BCUT2D eigenvalue weighted by Crippen LogP contribution is 2.44. The molecule has 2 N–H and O–H groups in total. The lowest BCUT2D eigenvalue weighted by molar-refractivity contribution is -0.136. The van der Waals surface area contributed by atoms with E-state index in [0.717, 1.165) is 0 Å². The van der Waals surface area contributed by atoms with Crippen LogP contribution >= 0.6 is 23.2 Å². The fourth-order valence-corrected chi connectivity index (χ4v) is 3.88. The van der Waals surface area contributed by atoms with Crippen molar-refractivity contribution in [3.05, 3.63) is 99.1 Å². The van der Waals surface area contributed by atoms with Crippen molar-refractivity contribution in [1.82, 2.24) is 0 Å². The molecule has 1 heterocycles. The van der Waals surface area contributed by atoms with Crippen molar-refractivity contribution in [1.29, 1.82) is 5.26 Å². The molecule has 0 amide bonds. The molecule has 3 aromatic rings. The summed E-state index contributed by atoms with van der Waals surface area (Å²) in [4.78, 5) is 12.2. The molecule has 1 unspecified atom stereocenters. The van der Waals surface area contributed by atoms with E-state index in [-0.39, 0.29) is 39.3 Å². The number of rotatable bonds is 5. The zero-order chi connectivity index (χ0) is 23.5. The summed E-state index contributed by atoms with van der Waals surface area (Å²) in [7, 11) is 0.